The van der Waals surface area contributed by atoms with Gasteiger partial charge in [0.25, 0.3) is 0 Å². The molecule has 0 spiro atoms. The zero-order valence-electron chi connectivity index (χ0n) is 10.6. The molecule has 1 unspecified atom stereocenters. The van der Waals surface area contributed by atoms with Crippen LogP contribution in [0.25, 0.3) is 0 Å². The normalized spacial score (nSPS) is 20.8. The van der Waals surface area contributed by atoms with E-state index in [4.69, 9.17) is 0 Å². The lowest BCUT2D eigenvalue weighted by molar-refractivity contribution is -0.125. The van der Waals surface area contributed by atoms with Crippen LogP contribution in [0.5, 0.6) is 0 Å². The first-order valence-corrected chi connectivity index (χ1v) is 6.51. The topological polar surface area (TPSA) is 20.3 Å². The molecule has 0 aliphatic heterocycles. The van der Waals surface area contributed by atoms with E-state index in [0.717, 1.165) is 32.4 Å². The standard InChI is InChI=1S/C15H21NO/c1-16(11-13-7-3-2-4-8-13)12-14-9-5-6-10-15(14)17/h2-4,7-8,14H,5-6,9-12H2,1H3. The molecule has 0 N–H and O–H groups in total. The number of ketones is 1. The Morgan fingerprint density at radius 3 is 2.71 bits per heavy atom. The van der Waals surface area contributed by atoms with Crippen LogP contribution in [0.1, 0.15) is 31.2 Å². The Labute approximate surface area is 104 Å². The summed E-state index contributed by atoms with van der Waals surface area (Å²) in [5.41, 5.74) is 1.32. The highest BCUT2D eigenvalue weighted by Gasteiger charge is 2.23. The summed E-state index contributed by atoms with van der Waals surface area (Å²) in [4.78, 5) is 14.0. The summed E-state index contributed by atoms with van der Waals surface area (Å²) in [6, 6.07) is 10.4. The Balaban J connectivity index is 1.84. The van der Waals surface area contributed by atoms with Crippen molar-refractivity contribution in [1.82, 2.24) is 4.90 Å². The summed E-state index contributed by atoms with van der Waals surface area (Å²) in [7, 11) is 2.11. The molecule has 2 rings (SSSR count). The maximum Gasteiger partial charge on any atom is 0.137 e. The molecule has 1 atom stereocenters. The second kappa shape index (κ2) is 5.97. The molecule has 0 amide bonds. The van der Waals surface area contributed by atoms with E-state index in [-0.39, 0.29) is 5.92 Å². The summed E-state index contributed by atoms with van der Waals surface area (Å²) in [5.74, 6) is 0.744. The second-order valence-corrected chi connectivity index (χ2v) is 5.09. The monoisotopic (exact) mass is 231 g/mol. The molecule has 2 heteroatoms. The Kier molecular flexibility index (Phi) is 4.32. The number of benzene rings is 1. The summed E-state index contributed by atoms with van der Waals surface area (Å²) >= 11 is 0. The Hall–Kier alpha value is -1.15. The third kappa shape index (κ3) is 3.67. The molecule has 0 aromatic heterocycles. The zero-order valence-corrected chi connectivity index (χ0v) is 10.6. The summed E-state index contributed by atoms with van der Waals surface area (Å²) < 4.78 is 0. The molecule has 1 aliphatic rings. The fourth-order valence-corrected chi connectivity index (χ4v) is 2.58. The van der Waals surface area contributed by atoms with Crippen LogP contribution in [0.4, 0.5) is 0 Å². The molecule has 0 saturated heterocycles. The molecule has 1 aromatic rings. The molecule has 1 aliphatic carbocycles. The minimum absolute atomic E-state index is 0.275. The second-order valence-electron chi connectivity index (χ2n) is 5.09. The largest absolute Gasteiger partial charge is 0.301 e. The minimum atomic E-state index is 0.275. The molecule has 1 fully saturated rings. The van der Waals surface area contributed by atoms with Gasteiger partial charge in [0, 0.05) is 25.4 Å². The lowest BCUT2D eigenvalue weighted by Gasteiger charge is -2.26. The average Bonchev–Trinajstić information content (AvgIpc) is 2.33. The quantitative estimate of drug-likeness (QED) is 0.794. The first-order chi connectivity index (χ1) is 8.25. The highest BCUT2D eigenvalue weighted by atomic mass is 16.1. The van der Waals surface area contributed by atoms with Gasteiger partial charge in [-0.1, -0.05) is 36.8 Å². The van der Waals surface area contributed by atoms with Gasteiger partial charge < -0.3 is 4.90 Å². The van der Waals surface area contributed by atoms with Crippen LogP contribution in [0.2, 0.25) is 0 Å². The number of carbonyl (C=O) groups is 1. The van der Waals surface area contributed by atoms with Gasteiger partial charge >= 0.3 is 0 Å². The Morgan fingerprint density at radius 2 is 2.00 bits per heavy atom. The number of rotatable bonds is 4. The van der Waals surface area contributed by atoms with Crippen LogP contribution in [-0.4, -0.2) is 24.3 Å². The van der Waals surface area contributed by atoms with Crippen LogP contribution in [0.15, 0.2) is 30.3 Å². The Morgan fingerprint density at radius 1 is 1.24 bits per heavy atom. The molecule has 0 radical (unpaired) electrons. The number of nitrogens with zero attached hydrogens (tertiary/aromatic N) is 1. The number of hydrogen-bond acceptors (Lipinski definition) is 2. The predicted molar refractivity (Wildman–Crippen MR) is 69.7 cm³/mol. The molecule has 1 saturated carbocycles. The maximum atomic E-state index is 11.8. The highest BCUT2D eigenvalue weighted by molar-refractivity contribution is 5.81. The van der Waals surface area contributed by atoms with E-state index in [1.807, 2.05) is 6.07 Å². The van der Waals surface area contributed by atoms with Crippen LogP contribution >= 0.6 is 0 Å². The van der Waals surface area contributed by atoms with E-state index >= 15 is 0 Å². The summed E-state index contributed by atoms with van der Waals surface area (Å²) in [6.07, 6.45) is 4.19. The third-order valence-corrected chi connectivity index (χ3v) is 3.51. The number of carbonyl (C=O) groups excluding carboxylic acids is 1. The van der Waals surface area contributed by atoms with Gasteiger partial charge in [-0.05, 0) is 25.5 Å². The van der Waals surface area contributed by atoms with Crippen molar-refractivity contribution in [2.45, 2.75) is 32.2 Å². The van der Waals surface area contributed by atoms with Crippen molar-refractivity contribution < 1.29 is 4.79 Å². The van der Waals surface area contributed by atoms with Gasteiger partial charge in [-0.3, -0.25) is 4.79 Å². The fourth-order valence-electron chi connectivity index (χ4n) is 2.58. The number of hydrogen-bond donors (Lipinski definition) is 0. The van der Waals surface area contributed by atoms with E-state index in [1.165, 1.54) is 12.0 Å². The fraction of sp³-hybridized carbons (Fsp3) is 0.533. The van der Waals surface area contributed by atoms with Crippen molar-refractivity contribution in [3.05, 3.63) is 35.9 Å². The lowest BCUT2D eigenvalue weighted by atomic mass is 9.87. The van der Waals surface area contributed by atoms with Crippen LogP contribution in [0, 0.1) is 5.92 Å². The third-order valence-electron chi connectivity index (χ3n) is 3.51. The molecular formula is C15H21NO. The molecule has 92 valence electrons. The van der Waals surface area contributed by atoms with Gasteiger partial charge in [0.1, 0.15) is 5.78 Å². The van der Waals surface area contributed by atoms with Crippen molar-refractivity contribution in [3.63, 3.8) is 0 Å². The van der Waals surface area contributed by atoms with Gasteiger partial charge in [0.15, 0.2) is 0 Å². The zero-order chi connectivity index (χ0) is 12.1. The molecule has 2 nitrogen and oxygen atoms in total. The van der Waals surface area contributed by atoms with Gasteiger partial charge in [-0.25, -0.2) is 0 Å². The van der Waals surface area contributed by atoms with Gasteiger partial charge in [0.2, 0.25) is 0 Å². The van der Waals surface area contributed by atoms with E-state index in [9.17, 15) is 4.79 Å². The predicted octanol–water partition coefficient (Wildman–Crippen LogP) is 2.88. The molecule has 0 heterocycles. The van der Waals surface area contributed by atoms with Crippen molar-refractivity contribution in [2.24, 2.45) is 5.92 Å². The average molecular weight is 231 g/mol. The molecule has 1 aromatic carbocycles. The van der Waals surface area contributed by atoms with Crippen molar-refractivity contribution in [2.75, 3.05) is 13.6 Å². The van der Waals surface area contributed by atoms with Crippen LogP contribution < -0.4 is 0 Å². The molecular weight excluding hydrogens is 210 g/mol. The van der Waals surface area contributed by atoms with Crippen molar-refractivity contribution in [3.8, 4) is 0 Å². The Bertz CT molecular complexity index is 360. The molecule has 17 heavy (non-hydrogen) atoms. The first kappa shape index (κ1) is 12.3. The summed E-state index contributed by atoms with van der Waals surface area (Å²) in [6.45, 7) is 1.85. The van der Waals surface area contributed by atoms with Gasteiger partial charge in [-0.2, -0.15) is 0 Å². The van der Waals surface area contributed by atoms with E-state index in [0.29, 0.717) is 5.78 Å². The van der Waals surface area contributed by atoms with Crippen LogP contribution in [0.3, 0.4) is 0 Å². The van der Waals surface area contributed by atoms with Gasteiger partial charge in [-0.15, -0.1) is 0 Å². The maximum absolute atomic E-state index is 11.8. The van der Waals surface area contributed by atoms with Crippen molar-refractivity contribution >= 4 is 5.78 Å². The summed E-state index contributed by atoms with van der Waals surface area (Å²) in [5, 5.41) is 0. The SMILES string of the molecule is CN(Cc1ccccc1)CC1CCCCC1=O. The first-order valence-electron chi connectivity index (χ1n) is 6.51. The van der Waals surface area contributed by atoms with Crippen LogP contribution in [-0.2, 0) is 11.3 Å². The van der Waals surface area contributed by atoms with E-state index in [1.54, 1.807) is 0 Å². The van der Waals surface area contributed by atoms with Gasteiger partial charge in [0.05, 0.1) is 0 Å². The number of Topliss-reactive ketones (excluding diaryl/α,β-unsaturated/α-hetero) is 1. The lowest BCUT2D eigenvalue weighted by Crippen LogP contribution is -2.32. The minimum Gasteiger partial charge on any atom is -0.301 e. The van der Waals surface area contributed by atoms with E-state index < -0.39 is 0 Å². The molecule has 0 bridgehead atoms. The smallest absolute Gasteiger partial charge is 0.137 e. The highest BCUT2D eigenvalue weighted by Crippen LogP contribution is 2.21. The van der Waals surface area contributed by atoms with Crippen molar-refractivity contribution in [1.29, 1.82) is 0 Å². The van der Waals surface area contributed by atoms with E-state index in [2.05, 4.69) is 36.2 Å².